The minimum Gasteiger partial charge on any atom is -0.366 e. The molecule has 11 heteroatoms. The minimum absolute atomic E-state index is 0.0318. The number of carbonyl (C=O) groups is 1. The average molecular weight is 470 g/mol. The van der Waals surface area contributed by atoms with Crippen molar-refractivity contribution >= 4 is 21.4 Å². The number of rotatable bonds is 3. The van der Waals surface area contributed by atoms with Crippen LogP contribution in [-0.2, 0) is 30.3 Å². The average Bonchev–Trinajstić information content (AvgIpc) is 3.31. The predicted octanol–water partition coefficient (Wildman–Crippen LogP) is 2.64. The summed E-state index contributed by atoms with van der Waals surface area (Å²) >= 11 is 0. The zero-order valence-corrected chi connectivity index (χ0v) is 18.2. The van der Waals surface area contributed by atoms with E-state index >= 15 is 0 Å². The van der Waals surface area contributed by atoms with Gasteiger partial charge >= 0.3 is 6.18 Å². The van der Waals surface area contributed by atoms with Crippen molar-refractivity contribution in [3.63, 3.8) is 0 Å². The lowest BCUT2D eigenvalue weighted by atomic mass is 9.66. The molecule has 4 aliphatic heterocycles. The molecule has 2 bridgehead atoms. The van der Waals surface area contributed by atoms with Gasteiger partial charge in [0, 0.05) is 23.8 Å². The molecule has 32 heavy (non-hydrogen) atoms. The van der Waals surface area contributed by atoms with Gasteiger partial charge in [-0.25, -0.2) is 8.42 Å². The van der Waals surface area contributed by atoms with E-state index < -0.39 is 67.6 Å². The first-order chi connectivity index (χ1) is 14.9. The van der Waals surface area contributed by atoms with Crippen molar-refractivity contribution in [1.29, 1.82) is 5.26 Å². The molecule has 172 valence electrons. The van der Waals surface area contributed by atoms with Crippen molar-refractivity contribution < 1.29 is 35.9 Å². The number of nitriles is 1. The van der Waals surface area contributed by atoms with Gasteiger partial charge in [0.15, 0.2) is 9.84 Å². The topological polar surface area (TPSA) is 96.7 Å². The van der Waals surface area contributed by atoms with Gasteiger partial charge in [0.05, 0.1) is 46.2 Å². The number of benzene rings is 1. The normalized spacial score (nSPS) is 38.1. The molecule has 4 saturated heterocycles. The number of hydrogen-bond acceptors (Lipinski definition) is 6. The Bertz CT molecular complexity index is 1160. The number of fused-ring (bicyclic) bond motifs is 2. The van der Waals surface area contributed by atoms with E-state index in [1.165, 1.54) is 17.0 Å². The van der Waals surface area contributed by atoms with Gasteiger partial charge in [-0.2, -0.15) is 18.4 Å². The maximum Gasteiger partial charge on any atom is 0.417 e. The van der Waals surface area contributed by atoms with E-state index in [-0.39, 0.29) is 24.5 Å². The van der Waals surface area contributed by atoms with E-state index in [1.807, 2.05) is 0 Å². The SMILES string of the molecule is CCS(=O)(=O)[C@@H]1C[C@@]23CCO[C@H]4[C@@H]2[C@H](C(=O)N4c2ccc(C#N)c(C(F)(F)F)c2)[C@]1(C)O3. The molecule has 0 aromatic heterocycles. The highest BCUT2D eigenvalue weighted by Gasteiger charge is 2.79. The predicted molar refractivity (Wildman–Crippen MR) is 105 cm³/mol. The largest absolute Gasteiger partial charge is 0.417 e. The number of halogens is 3. The summed E-state index contributed by atoms with van der Waals surface area (Å²) in [4.78, 5) is 14.8. The summed E-state index contributed by atoms with van der Waals surface area (Å²) in [5.74, 6) is -1.94. The molecule has 5 rings (SSSR count). The van der Waals surface area contributed by atoms with Crippen molar-refractivity contribution in [3.05, 3.63) is 29.3 Å². The molecule has 7 nitrogen and oxygen atoms in total. The third kappa shape index (κ3) is 2.60. The van der Waals surface area contributed by atoms with Crippen molar-refractivity contribution in [1.82, 2.24) is 0 Å². The van der Waals surface area contributed by atoms with Crippen LogP contribution < -0.4 is 4.90 Å². The zero-order valence-electron chi connectivity index (χ0n) is 17.3. The van der Waals surface area contributed by atoms with Gasteiger partial charge in [0.1, 0.15) is 6.23 Å². The summed E-state index contributed by atoms with van der Waals surface area (Å²) < 4.78 is 78.4. The summed E-state index contributed by atoms with van der Waals surface area (Å²) in [5, 5.41) is 8.21. The lowest BCUT2D eigenvalue weighted by Crippen LogP contribution is -2.55. The van der Waals surface area contributed by atoms with E-state index in [2.05, 4.69) is 0 Å². The molecule has 0 radical (unpaired) electrons. The van der Waals surface area contributed by atoms with Crippen LogP contribution in [0.3, 0.4) is 0 Å². The van der Waals surface area contributed by atoms with E-state index in [0.29, 0.717) is 6.42 Å². The van der Waals surface area contributed by atoms with Crippen LogP contribution in [0.1, 0.15) is 37.8 Å². The summed E-state index contributed by atoms with van der Waals surface area (Å²) in [6.45, 7) is 3.36. The van der Waals surface area contributed by atoms with Crippen molar-refractivity contribution in [2.45, 2.75) is 55.5 Å². The van der Waals surface area contributed by atoms with Crippen molar-refractivity contribution in [2.24, 2.45) is 11.8 Å². The summed E-state index contributed by atoms with van der Waals surface area (Å²) in [7, 11) is -3.53. The van der Waals surface area contributed by atoms with Gasteiger partial charge < -0.3 is 9.47 Å². The molecule has 1 spiro atoms. The maximum atomic E-state index is 13.6. The van der Waals surface area contributed by atoms with Crippen molar-refractivity contribution in [2.75, 3.05) is 17.3 Å². The first-order valence-corrected chi connectivity index (χ1v) is 12.1. The molecule has 1 aromatic rings. The number of hydrogen-bond donors (Lipinski definition) is 0. The summed E-state index contributed by atoms with van der Waals surface area (Å²) in [6, 6.07) is 4.65. The zero-order chi connectivity index (χ0) is 23.3. The number of carbonyl (C=O) groups excluding carboxylic acids is 1. The Morgan fingerprint density at radius 3 is 2.69 bits per heavy atom. The molecule has 1 aromatic carbocycles. The Balaban J connectivity index is 1.62. The second kappa shape index (κ2) is 6.46. The molecule has 0 N–H and O–H groups in total. The lowest BCUT2D eigenvalue weighted by Gasteiger charge is -2.42. The highest BCUT2D eigenvalue weighted by Crippen LogP contribution is 2.66. The Morgan fingerprint density at radius 1 is 1.34 bits per heavy atom. The van der Waals surface area contributed by atoms with Crippen LogP contribution in [0.15, 0.2) is 18.2 Å². The number of ether oxygens (including phenoxy) is 2. The maximum absolute atomic E-state index is 13.6. The molecule has 1 amide bonds. The molecule has 4 fully saturated rings. The fourth-order valence-electron chi connectivity index (χ4n) is 6.27. The molecule has 0 unspecified atom stereocenters. The fraction of sp³-hybridized carbons (Fsp3) is 0.619. The second-order valence-corrected chi connectivity index (χ2v) is 11.5. The molecular weight excluding hydrogens is 449 g/mol. The first kappa shape index (κ1) is 21.7. The highest BCUT2D eigenvalue weighted by atomic mass is 32.2. The van der Waals surface area contributed by atoms with Gasteiger partial charge in [-0.15, -0.1) is 0 Å². The van der Waals surface area contributed by atoms with Gasteiger partial charge in [-0.3, -0.25) is 9.69 Å². The number of alkyl halides is 3. The van der Waals surface area contributed by atoms with Crippen molar-refractivity contribution in [3.8, 4) is 6.07 Å². The van der Waals surface area contributed by atoms with Crippen LogP contribution in [0.5, 0.6) is 0 Å². The Hall–Kier alpha value is -2.16. The van der Waals surface area contributed by atoms with Crippen LogP contribution in [0.25, 0.3) is 0 Å². The Kier molecular flexibility index (Phi) is 4.37. The molecule has 4 aliphatic rings. The second-order valence-electron chi connectivity index (χ2n) is 9.06. The molecule has 0 saturated carbocycles. The fourth-order valence-corrected chi connectivity index (χ4v) is 8.12. The third-order valence-electron chi connectivity index (χ3n) is 7.60. The summed E-state index contributed by atoms with van der Waals surface area (Å²) in [6.07, 6.45) is -4.98. The number of amides is 1. The quantitative estimate of drug-likeness (QED) is 0.674. The number of nitrogens with zero attached hydrogens (tertiary/aromatic N) is 2. The standard InChI is InChI=1S/C21H21F3N2O5S/c1-3-32(28,29)14-9-20-6-7-30-18-16(20)15(19(14,2)31-20)17(27)26(18)12-5-4-11(10-25)13(8-12)21(22,23)24/h4-5,8,14-16,18H,3,6-7,9H2,1-2H3/t14-,15-,16+,18+,19-,20+/m1/s1. The van der Waals surface area contributed by atoms with Crippen LogP contribution in [-0.4, -0.2) is 49.4 Å². The smallest absolute Gasteiger partial charge is 0.366 e. The number of anilines is 1. The number of sulfone groups is 1. The monoisotopic (exact) mass is 470 g/mol. The molecule has 0 aliphatic carbocycles. The van der Waals surface area contributed by atoms with Crippen LogP contribution in [0.2, 0.25) is 0 Å². The Labute approximate surface area is 183 Å². The van der Waals surface area contributed by atoms with Gasteiger partial charge in [-0.05, 0) is 31.5 Å². The molecule has 6 atom stereocenters. The minimum atomic E-state index is -4.78. The highest BCUT2D eigenvalue weighted by molar-refractivity contribution is 7.92. The van der Waals surface area contributed by atoms with E-state index in [9.17, 15) is 26.4 Å². The summed E-state index contributed by atoms with van der Waals surface area (Å²) in [5.41, 5.74) is -3.87. The lowest BCUT2D eigenvalue weighted by molar-refractivity contribution is -0.140. The van der Waals surface area contributed by atoms with E-state index in [1.54, 1.807) is 13.8 Å². The van der Waals surface area contributed by atoms with Gasteiger partial charge in [0.2, 0.25) is 5.91 Å². The first-order valence-electron chi connectivity index (χ1n) is 10.4. The van der Waals surface area contributed by atoms with Gasteiger partial charge in [-0.1, -0.05) is 6.92 Å². The van der Waals surface area contributed by atoms with Crippen LogP contribution in [0, 0.1) is 23.2 Å². The molecular formula is C21H21F3N2O5S. The third-order valence-corrected chi connectivity index (χ3v) is 9.91. The van der Waals surface area contributed by atoms with E-state index in [4.69, 9.17) is 14.7 Å². The molecule has 4 heterocycles. The van der Waals surface area contributed by atoms with E-state index in [0.717, 1.165) is 12.1 Å². The van der Waals surface area contributed by atoms with Gasteiger partial charge in [0.25, 0.3) is 0 Å². The van der Waals surface area contributed by atoms with Crippen LogP contribution in [0.4, 0.5) is 18.9 Å². The van der Waals surface area contributed by atoms with Crippen LogP contribution >= 0.6 is 0 Å². The Morgan fingerprint density at radius 2 is 2.06 bits per heavy atom.